The monoisotopic (exact) mass is 341 g/mol. The first kappa shape index (κ1) is 17.3. The third kappa shape index (κ3) is 2.76. The zero-order chi connectivity index (χ0) is 18.7. The molecule has 0 saturated carbocycles. The van der Waals surface area contributed by atoms with Crippen molar-refractivity contribution in [3.05, 3.63) is 82.8 Å². The van der Waals surface area contributed by atoms with Gasteiger partial charge in [0.05, 0.1) is 0 Å². The van der Waals surface area contributed by atoms with Crippen LogP contribution < -0.4 is 0 Å². The molecule has 4 rings (SSSR count). The molecule has 0 fully saturated rings. The molecule has 0 nitrogen and oxygen atoms in total. The van der Waals surface area contributed by atoms with Crippen LogP contribution in [0.3, 0.4) is 0 Å². The Morgan fingerprint density at radius 3 is 2.15 bits per heavy atom. The van der Waals surface area contributed by atoms with Crippen LogP contribution in [0.2, 0.25) is 0 Å². The molecule has 0 heterocycles. The van der Waals surface area contributed by atoms with Gasteiger partial charge < -0.3 is 0 Å². The van der Waals surface area contributed by atoms with E-state index in [-0.39, 0.29) is 10.8 Å². The van der Waals surface area contributed by atoms with E-state index in [4.69, 9.17) is 0 Å². The summed E-state index contributed by atoms with van der Waals surface area (Å²) in [4.78, 5) is 0. The molecule has 0 N–H and O–H groups in total. The van der Waals surface area contributed by atoms with Crippen molar-refractivity contribution in [2.75, 3.05) is 0 Å². The number of hydrogen-bond donors (Lipinski definition) is 0. The maximum absolute atomic E-state index is 2.42. The fourth-order valence-corrected chi connectivity index (χ4v) is 4.16. The number of fused-ring (bicyclic) bond motifs is 3. The van der Waals surface area contributed by atoms with Gasteiger partial charge in [0.15, 0.2) is 0 Å². The minimum atomic E-state index is 0.132. The summed E-state index contributed by atoms with van der Waals surface area (Å²) in [6, 6.07) is 11.7. The van der Waals surface area contributed by atoms with Crippen molar-refractivity contribution in [1.29, 1.82) is 0 Å². The van der Waals surface area contributed by atoms with Crippen molar-refractivity contribution in [2.24, 2.45) is 0 Å². The minimum absolute atomic E-state index is 0.132. The molecule has 2 aromatic rings. The first-order valence-corrected chi connectivity index (χ1v) is 9.69. The molecule has 133 valence electrons. The van der Waals surface area contributed by atoms with Gasteiger partial charge in [0.2, 0.25) is 0 Å². The normalized spacial score (nSPS) is 15.8. The van der Waals surface area contributed by atoms with Gasteiger partial charge in [-0.25, -0.2) is 0 Å². The molecule has 26 heavy (non-hydrogen) atoms. The highest BCUT2D eigenvalue weighted by atomic mass is 14.3. The van der Waals surface area contributed by atoms with Crippen molar-refractivity contribution in [3.8, 4) is 11.1 Å². The van der Waals surface area contributed by atoms with E-state index in [1.807, 2.05) is 0 Å². The number of allylic oxidation sites excluding steroid dienone is 4. The minimum Gasteiger partial charge on any atom is -0.0801 e. The first-order chi connectivity index (χ1) is 12.2. The Labute approximate surface area is 158 Å². The largest absolute Gasteiger partial charge is 0.0801 e. The molecule has 2 aliphatic carbocycles. The van der Waals surface area contributed by atoms with E-state index in [1.165, 1.54) is 44.5 Å². The lowest BCUT2D eigenvalue weighted by Gasteiger charge is -2.26. The SMILES string of the molecule is CC(C)(C)c1ccc2c(c1)[CH]c1c-2ccc(C(C)(C)C)c1C1=CC=CC1. The Morgan fingerprint density at radius 1 is 0.808 bits per heavy atom. The second kappa shape index (κ2) is 5.71. The van der Waals surface area contributed by atoms with Crippen molar-refractivity contribution in [2.45, 2.75) is 58.8 Å². The highest BCUT2D eigenvalue weighted by Crippen LogP contribution is 2.47. The first-order valence-electron chi connectivity index (χ1n) is 9.69. The molecule has 0 saturated heterocycles. The molecule has 0 amide bonds. The lowest BCUT2D eigenvalue weighted by Crippen LogP contribution is -2.15. The van der Waals surface area contributed by atoms with Crippen molar-refractivity contribution in [3.63, 3.8) is 0 Å². The van der Waals surface area contributed by atoms with Gasteiger partial charge >= 0.3 is 0 Å². The molecular formula is C26H29. The van der Waals surface area contributed by atoms with E-state index in [2.05, 4.69) is 96.5 Å². The molecule has 0 aliphatic heterocycles. The number of benzene rings is 2. The van der Waals surface area contributed by atoms with E-state index >= 15 is 0 Å². The van der Waals surface area contributed by atoms with Gasteiger partial charge in [0.25, 0.3) is 0 Å². The Morgan fingerprint density at radius 2 is 1.54 bits per heavy atom. The maximum Gasteiger partial charge on any atom is 0.0218 e. The van der Waals surface area contributed by atoms with E-state index < -0.39 is 0 Å². The average Bonchev–Trinajstić information content (AvgIpc) is 3.18. The van der Waals surface area contributed by atoms with Crippen LogP contribution in [-0.4, -0.2) is 0 Å². The van der Waals surface area contributed by atoms with E-state index in [0.29, 0.717) is 0 Å². The average molecular weight is 342 g/mol. The molecular weight excluding hydrogens is 312 g/mol. The van der Waals surface area contributed by atoms with Gasteiger partial charge in [0, 0.05) is 6.42 Å². The second-order valence-electron chi connectivity index (χ2n) is 9.72. The molecule has 0 bridgehead atoms. The quantitative estimate of drug-likeness (QED) is 0.439. The van der Waals surface area contributed by atoms with E-state index in [0.717, 1.165) is 6.42 Å². The summed E-state index contributed by atoms with van der Waals surface area (Å²) in [5, 5.41) is 0. The van der Waals surface area contributed by atoms with E-state index in [1.54, 1.807) is 0 Å². The lowest BCUT2D eigenvalue weighted by atomic mass is 9.78. The fraction of sp³-hybridized carbons (Fsp3) is 0.346. The third-order valence-electron chi connectivity index (χ3n) is 5.65. The number of hydrogen-bond acceptors (Lipinski definition) is 0. The van der Waals surface area contributed by atoms with Gasteiger partial charge in [-0.3, -0.25) is 0 Å². The summed E-state index contributed by atoms with van der Waals surface area (Å²) in [5.41, 5.74) is 11.6. The molecule has 0 spiro atoms. The third-order valence-corrected chi connectivity index (χ3v) is 5.65. The van der Waals surface area contributed by atoms with Crippen molar-refractivity contribution < 1.29 is 0 Å². The fourth-order valence-electron chi connectivity index (χ4n) is 4.16. The van der Waals surface area contributed by atoms with Crippen molar-refractivity contribution >= 4 is 5.57 Å². The molecule has 1 radical (unpaired) electrons. The summed E-state index contributed by atoms with van der Waals surface area (Å²) in [5.74, 6) is 0. The summed E-state index contributed by atoms with van der Waals surface area (Å²) in [6.45, 7) is 13.8. The Balaban J connectivity index is 1.90. The molecule has 2 aliphatic rings. The van der Waals surface area contributed by atoms with Crippen LogP contribution in [-0.2, 0) is 10.8 Å². The van der Waals surface area contributed by atoms with Gasteiger partial charge in [0.1, 0.15) is 0 Å². The van der Waals surface area contributed by atoms with Crippen LogP contribution in [0.25, 0.3) is 16.7 Å². The van der Waals surface area contributed by atoms with Crippen LogP contribution >= 0.6 is 0 Å². The summed E-state index contributed by atoms with van der Waals surface area (Å²) >= 11 is 0. The molecule has 0 atom stereocenters. The predicted octanol–water partition coefficient (Wildman–Crippen LogP) is 7.21. The van der Waals surface area contributed by atoms with Crippen LogP contribution in [0.4, 0.5) is 0 Å². The molecule has 0 aromatic heterocycles. The Bertz CT molecular complexity index is 937. The maximum atomic E-state index is 2.42. The molecule has 0 heteroatoms. The predicted molar refractivity (Wildman–Crippen MR) is 114 cm³/mol. The number of rotatable bonds is 1. The zero-order valence-electron chi connectivity index (χ0n) is 16.9. The Hall–Kier alpha value is -2.08. The van der Waals surface area contributed by atoms with Crippen molar-refractivity contribution in [1.82, 2.24) is 0 Å². The lowest BCUT2D eigenvalue weighted by molar-refractivity contribution is 0.588. The highest BCUT2D eigenvalue weighted by molar-refractivity contribution is 5.89. The second-order valence-corrected chi connectivity index (χ2v) is 9.72. The van der Waals surface area contributed by atoms with Crippen LogP contribution in [0, 0.1) is 6.42 Å². The van der Waals surface area contributed by atoms with Gasteiger partial charge in [-0.15, -0.1) is 0 Å². The standard InChI is InChI=1S/C26H29/c1-25(2,3)19-11-12-20-18(15-19)16-22-21(20)13-14-23(26(4,5)6)24(22)17-9-7-8-10-17/h7-9,11-16H,10H2,1-6H3. The smallest absolute Gasteiger partial charge is 0.0218 e. The topological polar surface area (TPSA) is 0 Å². The Kier molecular flexibility index (Phi) is 3.81. The summed E-state index contributed by atoms with van der Waals surface area (Å²) in [7, 11) is 0. The summed E-state index contributed by atoms with van der Waals surface area (Å²) in [6.07, 6.45) is 10.2. The van der Waals surface area contributed by atoms with Gasteiger partial charge in [-0.2, -0.15) is 0 Å². The van der Waals surface area contributed by atoms with Crippen LogP contribution in [0.1, 0.15) is 75.8 Å². The van der Waals surface area contributed by atoms with Crippen LogP contribution in [0.5, 0.6) is 0 Å². The van der Waals surface area contributed by atoms with E-state index in [9.17, 15) is 0 Å². The highest BCUT2D eigenvalue weighted by Gasteiger charge is 2.29. The molecule has 0 unspecified atom stereocenters. The summed E-state index contributed by atoms with van der Waals surface area (Å²) < 4.78 is 0. The van der Waals surface area contributed by atoms with Gasteiger partial charge in [-0.05, 0) is 61.8 Å². The molecule has 2 aromatic carbocycles. The zero-order valence-corrected chi connectivity index (χ0v) is 16.9. The van der Waals surface area contributed by atoms with Gasteiger partial charge in [-0.1, -0.05) is 90.1 Å². The van der Waals surface area contributed by atoms with Crippen LogP contribution in [0.15, 0.2) is 48.6 Å².